The molecule has 0 bridgehead atoms. The monoisotopic (exact) mass is 464 g/mol. The van der Waals surface area contributed by atoms with E-state index in [-0.39, 0.29) is 18.1 Å². The average molecular weight is 464 g/mol. The molecule has 1 N–H and O–H groups in total. The molecule has 3 aromatic carbocycles. The minimum absolute atomic E-state index is 0.151. The Labute approximate surface area is 193 Å². The maximum absolute atomic E-state index is 12.0. The summed E-state index contributed by atoms with van der Waals surface area (Å²) in [5, 5.41) is 26.0. The van der Waals surface area contributed by atoms with E-state index in [1.54, 1.807) is 18.2 Å². The molecule has 174 valence electrons. The summed E-state index contributed by atoms with van der Waals surface area (Å²) in [7, 11) is 0. The molecule has 0 atom stereocenters. The van der Waals surface area contributed by atoms with Gasteiger partial charge in [-0.3, -0.25) is 25.0 Å². The first-order valence-electron chi connectivity index (χ1n) is 9.95. The van der Waals surface area contributed by atoms with Crippen molar-refractivity contribution >= 4 is 23.5 Å². The van der Waals surface area contributed by atoms with Gasteiger partial charge < -0.3 is 9.47 Å². The standard InChI is InChI=1S/C23H20N4O7/c1-15-8-16(2)10-20(9-15)33-14-23(28)25-24-13-17-4-3-5-19(11-17)34-22-7-6-18(26(29)30)12-21(22)27(31)32/h3-13H,14H2,1-2H3,(H,25,28). The van der Waals surface area contributed by atoms with Gasteiger partial charge >= 0.3 is 5.69 Å². The first-order chi connectivity index (χ1) is 16.2. The molecule has 0 saturated carbocycles. The van der Waals surface area contributed by atoms with Crippen molar-refractivity contribution in [2.45, 2.75) is 13.8 Å². The van der Waals surface area contributed by atoms with Crippen molar-refractivity contribution in [2.24, 2.45) is 5.10 Å². The molecule has 0 unspecified atom stereocenters. The molecule has 0 spiro atoms. The highest BCUT2D eigenvalue weighted by molar-refractivity contribution is 5.83. The van der Waals surface area contributed by atoms with Crippen LogP contribution < -0.4 is 14.9 Å². The zero-order valence-electron chi connectivity index (χ0n) is 18.3. The maximum atomic E-state index is 12.0. The SMILES string of the molecule is Cc1cc(C)cc(OCC(=O)NN=Cc2cccc(Oc3ccc([N+](=O)[O-])cc3[N+](=O)[O-])c2)c1. The fourth-order valence-corrected chi connectivity index (χ4v) is 3.01. The molecule has 0 aromatic heterocycles. The van der Waals surface area contributed by atoms with E-state index in [0.717, 1.165) is 29.3 Å². The van der Waals surface area contributed by atoms with E-state index in [1.165, 1.54) is 12.3 Å². The van der Waals surface area contributed by atoms with Gasteiger partial charge in [0.25, 0.3) is 11.6 Å². The summed E-state index contributed by atoms with van der Waals surface area (Å²) in [5.41, 5.74) is 3.98. The lowest BCUT2D eigenvalue weighted by molar-refractivity contribution is -0.394. The normalized spacial score (nSPS) is 10.6. The van der Waals surface area contributed by atoms with Crippen molar-refractivity contribution in [3.8, 4) is 17.2 Å². The lowest BCUT2D eigenvalue weighted by Crippen LogP contribution is -2.24. The van der Waals surface area contributed by atoms with Gasteiger partial charge in [-0.15, -0.1) is 0 Å². The molecule has 11 heteroatoms. The van der Waals surface area contributed by atoms with Crippen LogP contribution in [0.4, 0.5) is 11.4 Å². The topological polar surface area (TPSA) is 146 Å². The third-order valence-corrected chi connectivity index (χ3v) is 4.40. The summed E-state index contributed by atoms with van der Waals surface area (Å²) in [6, 6.07) is 15.1. The molecule has 0 aliphatic rings. The number of nitrogens with zero attached hydrogens (tertiary/aromatic N) is 3. The molecule has 1 amide bonds. The third-order valence-electron chi connectivity index (χ3n) is 4.40. The Hall–Kier alpha value is -4.80. The largest absolute Gasteiger partial charge is 0.484 e. The first kappa shape index (κ1) is 23.9. The number of hydrazone groups is 1. The van der Waals surface area contributed by atoms with Gasteiger partial charge in [0, 0.05) is 6.07 Å². The van der Waals surface area contributed by atoms with E-state index in [9.17, 15) is 25.0 Å². The third kappa shape index (κ3) is 6.60. The van der Waals surface area contributed by atoms with Gasteiger partial charge in [-0.25, -0.2) is 5.43 Å². The number of carbonyl (C=O) groups excluding carboxylic acids is 1. The van der Waals surface area contributed by atoms with Crippen molar-refractivity contribution < 1.29 is 24.1 Å². The second kappa shape index (κ2) is 10.7. The summed E-state index contributed by atoms with van der Waals surface area (Å²) in [4.78, 5) is 32.6. The number of benzene rings is 3. The summed E-state index contributed by atoms with van der Waals surface area (Å²) in [5.74, 6) is 0.220. The van der Waals surface area contributed by atoms with Crippen LogP contribution in [0.1, 0.15) is 16.7 Å². The van der Waals surface area contributed by atoms with E-state index in [0.29, 0.717) is 11.3 Å². The maximum Gasteiger partial charge on any atom is 0.318 e. The second-order valence-electron chi connectivity index (χ2n) is 7.25. The number of carbonyl (C=O) groups is 1. The first-order valence-corrected chi connectivity index (χ1v) is 9.95. The Morgan fingerprint density at radius 1 is 0.971 bits per heavy atom. The fourth-order valence-electron chi connectivity index (χ4n) is 3.01. The molecule has 0 aliphatic carbocycles. The number of hydrogen-bond donors (Lipinski definition) is 1. The minimum atomic E-state index is -0.761. The van der Waals surface area contributed by atoms with Crippen molar-refractivity contribution in [1.82, 2.24) is 5.43 Å². The van der Waals surface area contributed by atoms with Crippen LogP contribution in [-0.4, -0.2) is 28.6 Å². The van der Waals surface area contributed by atoms with Crippen molar-refractivity contribution in [3.05, 3.63) is 97.6 Å². The van der Waals surface area contributed by atoms with Crippen LogP contribution in [0.5, 0.6) is 17.2 Å². The van der Waals surface area contributed by atoms with Crippen LogP contribution in [0.25, 0.3) is 0 Å². The Balaban J connectivity index is 1.61. The van der Waals surface area contributed by atoms with E-state index in [2.05, 4.69) is 10.5 Å². The molecule has 11 nitrogen and oxygen atoms in total. The van der Waals surface area contributed by atoms with Gasteiger partial charge in [0.2, 0.25) is 5.75 Å². The minimum Gasteiger partial charge on any atom is -0.484 e. The number of aryl methyl sites for hydroxylation is 2. The number of rotatable bonds is 9. The van der Waals surface area contributed by atoms with Crippen molar-refractivity contribution in [2.75, 3.05) is 6.61 Å². The number of nitro groups is 2. The predicted octanol–water partition coefficient (Wildman–Crippen LogP) is 4.44. The zero-order chi connectivity index (χ0) is 24.7. The van der Waals surface area contributed by atoms with Gasteiger partial charge in [0.15, 0.2) is 6.61 Å². The second-order valence-corrected chi connectivity index (χ2v) is 7.25. The number of non-ortho nitro benzene ring substituents is 1. The van der Waals surface area contributed by atoms with Gasteiger partial charge in [-0.1, -0.05) is 18.2 Å². The fraction of sp³-hybridized carbons (Fsp3) is 0.130. The summed E-state index contributed by atoms with van der Waals surface area (Å²) in [6.45, 7) is 3.65. The lowest BCUT2D eigenvalue weighted by atomic mass is 10.1. The number of nitro benzene ring substituents is 2. The van der Waals surface area contributed by atoms with Gasteiger partial charge in [0.05, 0.1) is 22.1 Å². The highest BCUT2D eigenvalue weighted by atomic mass is 16.6. The number of nitrogens with one attached hydrogen (secondary N) is 1. The molecular formula is C23H20N4O7. The highest BCUT2D eigenvalue weighted by Crippen LogP contribution is 2.34. The molecule has 0 radical (unpaired) electrons. The summed E-state index contributed by atoms with van der Waals surface area (Å²) >= 11 is 0. The Bertz CT molecular complexity index is 1250. The van der Waals surface area contributed by atoms with Crippen molar-refractivity contribution in [3.63, 3.8) is 0 Å². The van der Waals surface area contributed by atoms with E-state index in [1.807, 2.05) is 32.0 Å². The van der Waals surface area contributed by atoms with E-state index in [4.69, 9.17) is 9.47 Å². The lowest BCUT2D eigenvalue weighted by Gasteiger charge is -2.07. The molecule has 3 rings (SSSR count). The molecule has 3 aromatic rings. The number of hydrogen-bond acceptors (Lipinski definition) is 8. The predicted molar refractivity (Wildman–Crippen MR) is 123 cm³/mol. The zero-order valence-corrected chi connectivity index (χ0v) is 18.3. The van der Waals surface area contributed by atoms with Crippen LogP contribution in [-0.2, 0) is 4.79 Å². The van der Waals surface area contributed by atoms with Gasteiger partial charge in [0.1, 0.15) is 11.5 Å². The average Bonchev–Trinajstić information content (AvgIpc) is 2.77. The van der Waals surface area contributed by atoms with Gasteiger partial charge in [-0.05, 0) is 60.9 Å². The molecule has 0 heterocycles. The van der Waals surface area contributed by atoms with Crippen LogP contribution in [0, 0.1) is 34.1 Å². The number of ether oxygens (including phenoxy) is 2. The molecule has 0 aliphatic heterocycles. The van der Waals surface area contributed by atoms with E-state index >= 15 is 0 Å². The van der Waals surface area contributed by atoms with Crippen LogP contribution >= 0.6 is 0 Å². The van der Waals surface area contributed by atoms with Crippen molar-refractivity contribution in [1.29, 1.82) is 0 Å². The Kier molecular flexibility index (Phi) is 7.49. The van der Waals surface area contributed by atoms with Crippen LogP contribution in [0.2, 0.25) is 0 Å². The molecule has 34 heavy (non-hydrogen) atoms. The smallest absolute Gasteiger partial charge is 0.318 e. The molecule has 0 fully saturated rings. The van der Waals surface area contributed by atoms with Crippen LogP contribution in [0.15, 0.2) is 65.8 Å². The van der Waals surface area contributed by atoms with Gasteiger partial charge in [-0.2, -0.15) is 5.10 Å². The summed E-state index contributed by atoms with van der Waals surface area (Å²) in [6.07, 6.45) is 1.37. The highest BCUT2D eigenvalue weighted by Gasteiger charge is 2.21. The Morgan fingerprint density at radius 3 is 2.38 bits per heavy atom. The molecule has 0 saturated heterocycles. The Morgan fingerprint density at radius 2 is 1.71 bits per heavy atom. The summed E-state index contributed by atoms with van der Waals surface area (Å²) < 4.78 is 11.0. The number of amides is 1. The van der Waals surface area contributed by atoms with Crippen LogP contribution in [0.3, 0.4) is 0 Å². The molecular weight excluding hydrogens is 444 g/mol. The van der Waals surface area contributed by atoms with E-state index < -0.39 is 27.1 Å². The quantitative estimate of drug-likeness (QED) is 0.280.